The number of rotatable bonds is 20. The quantitative estimate of drug-likeness (QED) is 0.155. The largest absolute Gasteiger partial charge is 0.389 e. The summed E-state index contributed by atoms with van der Waals surface area (Å²) in [7, 11) is -0.470. The highest BCUT2D eigenvalue weighted by Crippen LogP contribution is 2.28. The molecule has 5 atom stereocenters. The summed E-state index contributed by atoms with van der Waals surface area (Å²) in [5.41, 5.74) is 1.88. The summed E-state index contributed by atoms with van der Waals surface area (Å²) in [6, 6.07) is 17.0. The van der Waals surface area contributed by atoms with Gasteiger partial charge in [-0.1, -0.05) is 92.8 Å². The first-order valence-corrected chi connectivity index (χ1v) is 19.1. The number of terminal acetylenes is 2. The number of likely N-dealkylation sites (N-methyl/N-ethyl adjacent to an activating group) is 2. The van der Waals surface area contributed by atoms with Gasteiger partial charge in [-0.2, -0.15) is 0 Å². The number of carbonyl (C=O) groups is 2. The van der Waals surface area contributed by atoms with Crippen molar-refractivity contribution in [2.24, 2.45) is 11.8 Å². The third kappa shape index (κ3) is 13.5. The van der Waals surface area contributed by atoms with Gasteiger partial charge in [-0.15, -0.1) is 24.7 Å². The van der Waals surface area contributed by atoms with E-state index < -0.39 is 57.8 Å². The fourth-order valence-corrected chi connectivity index (χ4v) is 7.80. The fourth-order valence-electron chi connectivity index (χ4n) is 6.41. The Kier molecular flexibility index (Phi) is 17.0. The van der Waals surface area contributed by atoms with E-state index in [4.69, 9.17) is 12.8 Å². The zero-order valence-corrected chi connectivity index (χ0v) is 30.2. The van der Waals surface area contributed by atoms with Crippen LogP contribution in [-0.2, 0) is 32.6 Å². The van der Waals surface area contributed by atoms with E-state index in [0.717, 1.165) is 43.2 Å². The van der Waals surface area contributed by atoms with Crippen LogP contribution in [0, 0.1) is 36.5 Å². The molecule has 3 unspecified atom stereocenters. The van der Waals surface area contributed by atoms with E-state index in [-0.39, 0.29) is 31.7 Å². The van der Waals surface area contributed by atoms with Crippen LogP contribution in [-0.4, -0.2) is 96.9 Å². The van der Waals surface area contributed by atoms with E-state index in [2.05, 4.69) is 22.5 Å². The highest BCUT2D eigenvalue weighted by Gasteiger charge is 2.34. The number of carbonyl (C=O) groups excluding carboxylic acids is 2. The Morgan fingerprint density at radius 2 is 1.46 bits per heavy atom. The smallest absolute Gasteiger partial charge is 0.243 e. The summed E-state index contributed by atoms with van der Waals surface area (Å²) in [4.78, 5) is 29.6. The fraction of sp³-hybridized carbons (Fsp3) is 0.538. The van der Waals surface area contributed by atoms with Gasteiger partial charge in [0.2, 0.25) is 21.8 Å². The predicted molar refractivity (Wildman–Crippen MR) is 197 cm³/mol. The molecule has 1 aliphatic rings. The van der Waals surface area contributed by atoms with Crippen molar-refractivity contribution in [2.75, 3.05) is 32.9 Å². The van der Waals surface area contributed by atoms with E-state index in [1.807, 2.05) is 72.6 Å². The Labute approximate surface area is 299 Å². The topological polar surface area (TPSA) is 139 Å². The number of sulfonamides is 1. The first-order valence-electron chi connectivity index (χ1n) is 17.5. The number of amides is 2. The second-order valence-corrected chi connectivity index (χ2v) is 15.6. The SMILES string of the molecule is C#CCC(O)[C@H](O)C(CC1CCCCC1)NC(=O)[C@H](CC#C)NC(=O)C(Cc1ccccc1)CS(=O)(=O)N(C)CCN(C)Cc1ccccc1. The first kappa shape index (κ1) is 40.7. The van der Waals surface area contributed by atoms with Crippen LogP contribution in [0.15, 0.2) is 60.7 Å². The number of aliphatic hydroxyl groups is 2. The highest BCUT2D eigenvalue weighted by molar-refractivity contribution is 7.89. The van der Waals surface area contributed by atoms with Gasteiger partial charge in [0.25, 0.3) is 0 Å². The average Bonchev–Trinajstić information content (AvgIpc) is 3.10. The van der Waals surface area contributed by atoms with Crippen molar-refractivity contribution < 1.29 is 28.2 Å². The molecule has 50 heavy (non-hydrogen) atoms. The van der Waals surface area contributed by atoms with Crippen molar-refractivity contribution >= 4 is 21.8 Å². The molecule has 2 amide bonds. The third-order valence-electron chi connectivity index (χ3n) is 9.40. The van der Waals surface area contributed by atoms with Crippen molar-refractivity contribution in [1.82, 2.24) is 19.8 Å². The molecule has 4 N–H and O–H groups in total. The van der Waals surface area contributed by atoms with Crippen molar-refractivity contribution in [2.45, 2.75) is 88.6 Å². The van der Waals surface area contributed by atoms with Crippen LogP contribution in [0.25, 0.3) is 0 Å². The Balaban J connectivity index is 1.74. The van der Waals surface area contributed by atoms with Gasteiger partial charge >= 0.3 is 0 Å². The summed E-state index contributed by atoms with van der Waals surface area (Å²) in [5.74, 6) is 2.29. The summed E-state index contributed by atoms with van der Waals surface area (Å²) in [5, 5.41) is 27.1. The minimum atomic E-state index is -3.90. The molecule has 0 saturated heterocycles. The van der Waals surface area contributed by atoms with Gasteiger partial charge in [0, 0.05) is 39.5 Å². The highest BCUT2D eigenvalue weighted by atomic mass is 32.2. The zero-order chi connectivity index (χ0) is 36.5. The maximum Gasteiger partial charge on any atom is 0.243 e. The Hall–Kier alpha value is -3.71. The number of nitrogens with one attached hydrogen (secondary N) is 2. The molecule has 0 aliphatic heterocycles. The van der Waals surface area contributed by atoms with E-state index in [9.17, 15) is 28.2 Å². The van der Waals surface area contributed by atoms with Crippen LogP contribution in [0.1, 0.15) is 62.5 Å². The van der Waals surface area contributed by atoms with Crippen LogP contribution in [0.4, 0.5) is 0 Å². The van der Waals surface area contributed by atoms with E-state index in [0.29, 0.717) is 19.5 Å². The molecule has 0 aromatic heterocycles. The summed E-state index contributed by atoms with van der Waals surface area (Å²) < 4.78 is 28.5. The van der Waals surface area contributed by atoms with Gasteiger partial charge in [-0.25, -0.2) is 12.7 Å². The second-order valence-electron chi connectivity index (χ2n) is 13.5. The maximum absolute atomic E-state index is 13.9. The molecule has 0 spiro atoms. The van der Waals surface area contributed by atoms with Gasteiger partial charge in [0.15, 0.2) is 0 Å². The van der Waals surface area contributed by atoms with Crippen molar-refractivity contribution in [3.05, 3.63) is 71.8 Å². The minimum Gasteiger partial charge on any atom is -0.389 e. The van der Waals surface area contributed by atoms with Gasteiger partial charge in [-0.3, -0.25) is 9.59 Å². The normalized spacial score (nSPS) is 16.8. The van der Waals surface area contributed by atoms with Crippen LogP contribution < -0.4 is 10.6 Å². The molecular weight excluding hydrogens is 653 g/mol. The lowest BCUT2D eigenvalue weighted by Crippen LogP contribution is -2.56. The molecule has 11 heteroatoms. The van der Waals surface area contributed by atoms with Crippen LogP contribution >= 0.6 is 0 Å². The zero-order valence-electron chi connectivity index (χ0n) is 29.4. The molecule has 1 aliphatic carbocycles. The number of benzene rings is 2. The number of hydrogen-bond acceptors (Lipinski definition) is 7. The molecule has 0 heterocycles. The minimum absolute atomic E-state index is 0.0872. The molecule has 0 bridgehead atoms. The molecule has 2 aromatic rings. The molecular formula is C39H54N4O6S. The third-order valence-corrected chi connectivity index (χ3v) is 11.4. The number of aliphatic hydroxyl groups excluding tert-OH is 2. The van der Waals surface area contributed by atoms with Crippen LogP contribution in [0.3, 0.4) is 0 Å². The Morgan fingerprint density at radius 1 is 0.860 bits per heavy atom. The maximum atomic E-state index is 13.9. The summed E-state index contributed by atoms with van der Waals surface area (Å²) in [6.07, 6.45) is 13.9. The van der Waals surface area contributed by atoms with Gasteiger partial charge in [-0.05, 0) is 36.9 Å². The van der Waals surface area contributed by atoms with E-state index in [1.54, 1.807) is 0 Å². The van der Waals surface area contributed by atoms with Crippen LogP contribution in [0.2, 0.25) is 0 Å². The van der Waals surface area contributed by atoms with Gasteiger partial charge < -0.3 is 25.7 Å². The number of hydrogen-bond donors (Lipinski definition) is 4. The summed E-state index contributed by atoms with van der Waals surface area (Å²) >= 11 is 0. The van der Waals surface area contributed by atoms with Crippen molar-refractivity contribution in [3.8, 4) is 24.7 Å². The lowest BCUT2D eigenvalue weighted by Gasteiger charge is -2.33. The second kappa shape index (κ2) is 20.8. The molecule has 1 saturated carbocycles. The molecule has 0 radical (unpaired) electrons. The van der Waals surface area contributed by atoms with Crippen LogP contribution in [0.5, 0.6) is 0 Å². The molecule has 2 aromatic carbocycles. The number of nitrogens with zero attached hydrogens (tertiary/aromatic N) is 2. The lowest BCUT2D eigenvalue weighted by atomic mass is 9.82. The van der Waals surface area contributed by atoms with Gasteiger partial charge in [0.1, 0.15) is 12.1 Å². The summed E-state index contributed by atoms with van der Waals surface area (Å²) in [6.45, 7) is 1.37. The van der Waals surface area contributed by atoms with Crippen molar-refractivity contribution in [3.63, 3.8) is 0 Å². The Bertz CT molecular complexity index is 1520. The molecule has 1 fully saturated rings. The molecule has 272 valence electrons. The predicted octanol–water partition coefficient (Wildman–Crippen LogP) is 2.95. The average molecular weight is 707 g/mol. The van der Waals surface area contributed by atoms with Crippen molar-refractivity contribution in [1.29, 1.82) is 0 Å². The molecule has 3 rings (SSSR count). The van der Waals surface area contributed by atoms with Gasteiger partial charge in [0.05, 0.1) is 23.8 Å². The Morgan fingerprint density at radius 3 is 2.06 bits per heavy atom. The van der Waals surface area contributed by atoms with E-state index in [1.165, 1.54) is 11.4 Å². The lowest BCUT2D eigenvalue weighted by molar-refractivity contribution is -0.132. The first-order chi connectivity index (χ1) is 23.9. The molecule has 10 nitrogen and oxygen atoms in total. The van der Waals surface area contributed by atoms with E-state index >= 15 is 0 Å². The standard InChI is InChI=1S/C39H54N4O6S/c1-5-16-34(39(47)41-35(37(45)36(44)17-6-2)27-31-20-12-8-13-21-31)40-38(46)33(26-30-18-10-7-11-19-30)29-50(48,49)43(4)25-24-42(3)28-32-22-14-9-15-23-32/h1-2,7,9-11,14-15,18-19,22-23,31,33-37,44-45H,8,12-13,16-17,20-21,24-29H2,3-4H3,(H,40,46)(H,41,47)/t33?,34-,35?,36?,37+/m0/s1. The monoisotopic (exact) mass is 706 g/mol.